The smallest absolute Gasteiger partial charge is 0.373 e. The van der Waals surface area contributed by atoms with Crippen LogP contribution in [0.15, 0.2) is 0 Å². The van der Waals surface area contributed by atoms with E-state index < -0.39 is 133 Å². The molecule has 0 amide bonds. The van der Waals surface area contributed by atoms with Crippen LogP contribution in [0.5, 0.6) is 0 Å². The highest BCUT2D eigenvalue weighted by atomic mass is 19.4. The fraction of sp³-hybridized carbons (Fsp3) is 1.00. The normalized spacial score (nSPS) is 32.9. The first-order valence-corrected chi connectivity index (χ1v) is 15.0. The first-order valence-electron chi connectivity index (χ1n) is 15.0. The number of hydrogen-bond donors (Lipinski definition) is 2. The predicted molar refractivity (Wildman–Crippen MR) is 131 cm³/mol. The van der Waals surface area contributed by atoms with Crippen molar-refractivity contribution in [2.75, 3.05) is 0 Å². The molecule has 3 saturated carbocycles. The summed E-state index contributed by atoms with van der Waals surface area (Å²) in [5.41, 5.74) is -24.9. The molecule has 22 heteroatoms. The standard InChI is InChI=1S/C28H33F19O3/c1-11-12(2)17-5-13(11)9-19(17,29)10-20(23(30,31)32,24(33,34)35)50-18(3,4)14-6-15(21(48,25(36,37)38)26(39,40)41)8-16(7-14)22(49,27(42,43)44)28(45,46)47/h11-17,48-49H,5-10H2,1-4H3. The maximum Gasteiger partial charge on any atom is 0.426 e. The first-order chi connectivity index (χ1) is 21.8. The second kappa shape index (κ2) is 12.0. The van der Waals surface area contributed by atoms with Crippen LogP contribution in [0.3, 0.4) is 0 Å². The Morgan fingerprint density at radius 2 is 0.880 bits per heavy atom. The Balaban J connectivity index is 2.26. The third kappa shape index (κ3) is 6.54. The third-order valence-electron chi connectivity index (χ3n) is 11.5. The van der Waals surface area contributed by atoms with Gasteiger partial charge in [-0.05, 0) is 75.5 Å². The van der Waals surface area contributed by atoms with Crippen molar-refractivity contribution < 1.29 is 98.4 Å². The average molecular weight is 779 g/mol. The van der Waals surface area contributed by atoms with Crippen molar-refractivity contribution in [2.24, 2.45) is 41.4 Å². The van der Waals surface area contributed by atoms with Gasteiger partial charge in [-0.2, -0.15) is 79.0 Å². The summed E-state index contributed by atoms with van der Waals surface area (Å²) >= 11 is 0. The highest BCUT2D eigenvalue weighted by Crippen LogP contribution is 2.65. The van der Waals surface area contributed by atoms with E-state index in [4.69, 9.17) is 0 Å². The summed E-state index contributed by atoms with van der Waals surface area (Å²) in [7, 11) is 0. The van der Waals surface area contributed by atoms with Crippen molar-refractivity contribution in [1.29, 1.82) is 0 Å². The molecule has 0 radical (unpaired) electrons. The third-order valence-corrected chi connectivity index (χ3v) is 11.5. The molecule has 296 valence electrons. The number of rotatable bonds is 7. The number of hydrogen-bond acceptors (Lipinski definition) is 3. The summed E-state index contributed by atoms with van der Waals surface area (Å²) in [4.78, 5) is 0. The Morgan fingerprint density at radius 1 is 0.540 bits per heavy atom. The minimum absolute atomic E-state index is 0.125. The Morgan fingerprint density at radius 3 is 1.16 bits per heavy atom. The summed E-state index contributed by atoms with van der Waals surface area (Å²) in [6.45, 7) is 3.17. The zero-order valence-corrected chi connectivity index (χ0v) is 26.3. The quantitative estimate of drug-likeness (QED) is 0.253. The summed E-state index contributed by atoms with van der Waals surface area (Å²) in [5, 5.41) is 19.9. The molecule has 3 aliphatic carbocycles. The molecule has 3 aliphatic rings. The second-order valence-corrected chi connectivity index (χ2v) is 14.6. The lowest BCUT2D eigenvalue weighted by atomic mass is 9.60. The van der Waals surface area contributed by atoms with E-state index >= 15 is 4.39 Å². The van der Waals surface area contributed by atoms with Gasteiger partial charge in [-0.25, -0.2) is 4.39 Å². The largest absolute Gasteiger partial charge is 0.426 e. The maximum absolute atomic E-state index is 16.3. The van der Waals surface area contributed by atoms with Crippen LogP contribution in [-0.4, -0.2) is 75.3 Å². The first kappa shape index (κ1) is 43.0. The Labute approximate surface area is 271 Å². The molecule has 7 unspecified atom stereocenters. The Kier molecular flexibility index (Phi) is 10.3. The van der Waals surface area contributed by atoms with Gasteiger partial charge >= 0.3 is 37.1 Å². The topological polar surface area (TPSA) is 49.7 Å². The SMILES string of the molecule is CC1C2CC(C1C)C(F)(CC(OC(C)(C)C1CC(C(O)(C(F)(F)F)C(F)(F)F)CC(C(O)(C(F)(F)F)C(F)(F)F)C1)(C(F)(F)F)C(F)(F)F)C2. The molecular weight excluding hydrogens is 745 g/mol. The molecule has 7 atom stereocenters. The van der Waals surface area contributed by atoms with E-state index in [9.17, 15) is 89.2 Å². The monoisotopic (exact) mass is 778 g/mol. The van der Waals surface area contributed by atoms with Gasteiger partial charge in [-0.1, -0.05) is 13.8 Å². The minimum atomic E-state index is -6.94. The van der Waals surface area contributed by atoms with Crippen molar-refractivity contribution >= 4 is 0 Å². The van der Waals surface area contributed by atoms with Crippen LogP contribution < -0.4 is 0 Å². The van der Waals surface area contributed by atoms with E-state index in [2.05, 4.69) is 4.74 Å². The van der Waals surface area contributed by atoms with Crippen LogP contribution in [0.4, 0.5) is 83.4 Å². The van der Waals surface area contributed by atoms with Gasteiger partial charge < -0.3 is 14.9 Å². The number of fused-ring (bicyclic) bond motifs is 2. The van der Waals surface area contributed by atoms with E-state index in [1.54, 1.807) is 6.92 Å². The lowest BCUT2D eigenvalue weighted by molar-refractivity contribution is -0.421. The van der Waals surface area contributed by atoms with E-state index in [-0.39, 0.29) is 26.2 Å². The molecule has 3 nitrogen and oxygen atoms in total. The van der Waals surface area contributed by atoms with E-state index in [1.165, 1.54) is 6.92 Å². The van der Waals surface area contributed by atoms with Crippen molar-refractivity contribution in [2.45, 2.75) is 131 Å². The summed E-state index contributed by atoms with van der Waals surface area (Å²) in [6, 6.07) is 0. The van der Waals surface area contributed by atoms with Crippen LogP contribution in [0.1, 0.15) is 66.2 Å². The van der Waals surface area contributed by atoms with Gasteiger partial charge in [0.25, 0.3) is 16.8 Å². The van der Waals surface area contributed by atoms with Gasteiger partial charge in [0, 0.05) is 18.3 Å². The van der Waals surface area contributed by atoms with Crippen LogP contribution in [0.2, 0.25) is 0 Å². The molecule has 0 aromatic carbocycles. The molecular formula is C28H33F19O3. The number of aliphatic hydroxyl groups is 2. The molecule has 2 N–H and O–H groups in total. The molecule has 3 fully saturated rings. The maximum atomic E-state index is 16.3. The highest BCUT2D eigenvalue weighted by Gasteiger charge is 2.80. The van der Waals surface area contributed by atoms with E-state index in [0.29, 0.717) is 0 Å². The molecule has 0 saturated heterocycles. The van der Waals surface area contributed by atoms with Crippen LogP contribution >= 0.6 is 0 Å². The lowest BCUT2D eigenvalue weighted by Crippen LogP contribution is -2.69. The minimum Gasteiger partial charge on any atom is -0.373 e. The Bertz CT molecular complexity index is 1140. The Hall–Kier alpha value is -1.45. The fourth-order valence-electron chi connectivity index (χ4n) is 8.57. The van der Waals surface area contributed by atoms with Gasteiger partial charge in [0.15, 0.2) is 0 Å². The van der Waals surface area contributed by atoms with Gasteiger partial charge in [0.05, 0.1) is 5.60 Å². The molecule has 0 aromatic heterocycles. The number of halogens is 19. The second-order valence-electron chi connectivity index (χ2n) is 14.6. The lowest BCUT2D eigenvalue weighted by Gasteiger charge is -2.53. The molecule has 0 spiro atoms. The fourth-order valence-corrected chi connectivity index (χ4v) is 8.57. The molecule has 3 rings (SSSR count). The highest BCUT2D eigenvalue weighted by molar-refractivity contribution is 5.14. The van der Waals surface area contributed by atoms with Crippen LogP contribution in [0.25, 0.3) is 0 Å². The predicted octanol–water partition coefficient (Wildman–Crippen LogP) is 9.80. The van der Waals surface area contributed by atoms with Crippen LogP contribution in [0, 0.1) is 41.4 Å². The van der Waals surface area contributed by atoms with Gasteiger partial charge in [0.2, 0.25) is 0 Å². The van der Waals surface area contributed by atoms with Crippen molar-refractivity contribution in [3.8, 4) is 0 Å². The van der Waals surface area contributed by atoms with Gasteiger partial charge in [-0.15, -0.1) is 0 Å². The summed E-state index contributed by atoms with van der Waals surface area (Å²) in [6.07, 6.45) is -51.6. The van der Waals surface area contributed by atoms with Crippen molar-refractivity contribution in [1.82, 2.24) is 0 Å². The van der Waals surface area contributed by atoms with Crippen molar-refractivity contribution in [3.05, 3.63) is 0 Å². The molecule has 0 heterocycles. The number of ether oxygens (including phenoxy) is 1. The van der Waals surface area contributed by atoms with Gasteiger partial charge in [0.1, 0.15) is 5.67 Å². The molecule has 50 heavy (non-hydrogen) atoms. The average Bonchev–Trinajstić information content (AvgIpc) is 3.36. The van der Waals surface area contributed by atoms with E-state index in [1.807, 2.05) is 0 Å². The summed E-state index contributed by atoms with van der Waals surface area (Å²) < 4.78 is 275. The van der Waals surface area contributed by atoms with Crippen molar-refractivity contribution in [3.63, 3.8) is 0 Å². The number of alkyl halides is 19. The molecule has 0 aromatic rings. The van der Waals surface area contributed by atoms with E-state index in [0.717, 1.165) is 0 Å². The molecule has 0 aliphatic heterocycles. The van der Waals surface area contributed by atoms with Crippen LogP contribution in [-0.2, 0) is 4.74 Å². The molecule has 2 bridgehead atoms. The summed E-state index contributed by atoms with van der Waals surface area (Å²) in [5.74, 6) is -14.0. The van der Waals surface area contributed by atoms with Gasteiger partial charge in [-0.3, -0.25) is 0 Å². The zero-order chi connectivity index (χ0) is 39.5. The zero-order valence-electron chi connectivity index (χ0n) is 26.3.